The lowest BCUT2D eigenvalue weighted by Crippen LogP contribution is -2.55. The van der Waals surface area contributed by atoms with E-state index in [-0.39, 0.29) is 23.4 Å². The minimum atomic E-state index is -0.717. The minimum absolute atomic E-state index is 0.00298. The van der Waals surface area contributed by atoms with Crippen LogP contribution >= 0.6 is 12.2 Å². The van der Waals surface area contributed by atoms with E-state index in [2.05, 4.69) is 20.9 Å². The third kappa shape index (κ3) is 6.39. The lowest BCUT2D eigenvalue weighted by atomic mass is 9.88. The van der Waals surface area contributed by atoms with Gasteiger partial charge in [-0.2, -0.15) is 0 Å². The van der Waals surface area contributed by atoms with Gasteiger partial charge in [-0.3, -0.25) is 9.59 Å². The summed E-state index contributed by atoms with van der Waals surface area (Å²) in [4.78, 5) is 27.7. The third-order valence-corrected chi connectivity index (χ3v) is 5.72. The minimum Gasteiger partial charge on any atom is -0.363 e. The van der Waals surface area contributed by atoms with Crippen LogP contribution in [0.1, 0.15) is 50.4 Å². The van der Waals surface area contributed by atoms with Crippen molar-refractivity contribution in [2.24, 2.45) is 5.92 Å². The number of benzene rings is 1. The van der Waals surface area contributed by atoms with Crippen LogP contribution in [-0.4, -0.2) is 53.5 Å². The molecule has 0 spiro atoms. The summed E-state index contributed by atoms with van der Waals surface area (Å²) in [6, 6.07) is 5.08. The predicted molar refractivity (Wildman–Crippen MR) is 116 cm³/mol. The number of rotatable bonds is 7. The molecule has 1 aromatic rings. The number of carbonyl (C=O) groups excluding carboxylic acids is 2. The molecule has 160 valence electrons. The molecule has 1 aromatic carbocycles. The lowest BCUT2D eigenvalue weighted by molar-refractivity contribution is -0.125. The standard InChI is InChI=1S/C21H31FN4O2S/c1-4-14(3)24-20(28)18(25-19(27)16-8-6-7-9-17(16)22)15-10-12-26(13-11-15)21(29)23-5-2/h6-9,14-15,18H,4-5,10-13H2,1-3H3,(H,23,29)(H,24,28)(H,25,27)/t14-,18+/m0/s1. The van der Waals surface area contributed by atoms with E-state index in [1.54, 1.807) is 6.07 Å². The number of halogens is 1. The van der Waals surface area contributed by atoms with Crippen molar-refractivity contribution < 1.29 is 14.0 Å². The van der Waals surface area contributed by atoms with Gasteiger partial charge in [0, 0.05) is 25.7 Å². The van der Waals surface area contributed by atoms with Gasteiger partial charge in [-0.1, -0.05) is 19.1 Å². The van der Waals surface area contributed by atoms with Gasteiger partial charge >= 0.3 is 0 Å². The highest BCUT2D eigenvalue weighted by molar-refractivity contribution is 7.80. The summed E-state index contributed by atoms with van der Waals surface area (Å²) in [5.74, 6) is -1.44. The number of nitrogens with one attached hydrogen (secondary N) is 3. The fourth-order valence-corrected chi connectivity index (χ4v) is 3.72. The fourth-order valence-electron chi connectivity index (χ4n) is 3.40. The second-order valence-corrected chi connectivity index (χ2v) is 7.80. The number of amides is 2. The van der Waals surface area contributed by atoms with Gasteiger partial charge in [0.05, 0.1) is 5.56 Å². The number of likely N-dealkylation sites (tertiary alicyclic amines) is 1. The Kier molecular flexibility index (Phi) is 8.82. The van der Waals surface area contributed by atoms with Gasteiger partial charge in [0.15, 0.2) is 5.11 Å². The predicted octanol–water partition coefficient (Wildman–Crippen LogP) is 2.45. The van der Waals surface area contributed by atoms with Crippen LogP contribution < -0.4 is 16.0 Å². The zero-order chi connectivity index (χ0) is 21.4. The Bertz CT molecular complexity index is 722. The highest BCUT2D eigenvalue weighted by Crippen LogP contribution is 2.22. The summed E-state index contributed by atoms with van der Waals surface area (Å²) in [7, 11) is 0. The van der Waals surface area contributed by atoms with Crippen LogP contribution in [0.5, 0.6) is 0 Å². The molecule has 8 heteroatoms. The van der Waals surface area contributed by atoms with Crippen LogP contribution in [0.3, 0.4) is 0 Å². The molecule has 29 heavy (non-hydrogen) atoms. The molecular weight excluding hydrogens is 391 g/mol. The van der Waals surface area contributed by atoms with Gasteiger partial charge in [0.2, 0.25) is 5.91 Å². The maximum Gasteiger partial charge on any atom is 0.254 e. The first kappa shape index (κ1) is 23.1. The molecule has 2 amide bonds. The molecule has 0 saturated carbocycles. The number of hydrogen-bond acceptors (Lipinski definition) is 3. The van der Waals surface area contributed by atoms with Crippen molar-refractivity contribution in [1.82, 2.24) is 20.9 Å². The van der Waals surface area contributed by atoms with Crippen molar-refractivity contribution in [2.75, 3.05) is 19.6 Å². The van der Waals surface area contributed by atoms with Gasteiger partial charge in [-0.15, -0.1) is 0 Å². The van der Waals surface area contributed by atoms with Crippen LogP contribution in [-0.2, 0) is 4.79 Å². The molecule has 2 rings (SSSR count). The van der Waals surface area contributed by atoms with E-state index < -0.39 is 17.8 Å². The molecule has 0 radical (unpaired) electrons. The maximum atomic E-state index is 14.0. The maximum absolute atomic E-state index is 14.0. The first-order valence-corrected chi connectivity index (χ1v) is 10.7. The Morgan fingerprint density at radius 2 is 1.86 bits per heavy atom. The average molecular weight is 423 g/mol. The van der Waals surface area contributed by atoms with E-state index in [0.29, 0.717) is 31.0 Å². The molecule has 1 heterocycles. The zero-order valence-electron chi connectivity index (χ0n) is 17.3. The number of hydrogen-bond donors (Lipinski definition) is 3. The number of carbonyl (C=O) groups is 2. The summed E-state index contributed by atoms with van der Waals surface area (Å²) >= 11 is 5.37. The summed E-state index contributed by atoms with van der Waals surface area (Å²) in [5, 5.41) is 9.59. The lowest BCUT2D eigenvalue weighted by Gasteiger charge is -2.37. The van der Waals surface area contributed by atoms with Crippen LogP contribution in [0, 0.1) is 11.7 Å². The SMILES string of the molecule is CCNC(=S)N1CCC([C@@H](NC(=O)c2ccccc2F)C(=O)N[C@@H](C)CC)CC1. The average Bonchev–Trinajstić information content (AvgIpc) is 2.72. The second kappa shape index (κ2) is 11.1. The second-order valence-electron chi connectivity index (χ2n) is 7.41. The van der Waals surface area contributed by atoms with Crippen molar-refractivity contribution in [3.05, 3.63) is 35.6 Å². The Balaban J connectivity index is 2.11. The van der Waals surface area contributed by atoms with Gasteiger partial charge in [0.25, 0.3) is 5.91 Å². The number of nitrogens with zero attached hydrogens (tertiary/aromatic N) is 1. The number of thiocarbonyl (C=S) groups is 1. The summed E-state index contributed by atoms with van der Waals surface area (Å²) in [5.41, 5.74) is -0.0559. The molecule has 1 aliphatic rings. The Morgan fingerprint density at radius 1 is 1.21 bits per heavy atom. The van der Waals surface area contributed by atoms with E-state index in [0.717, 1.165) is 13.0 Å². The van der Waals surface area contributed by atoms with Crippen LogP contribution in [0.25, 0.3) is 0 Å². The van der Waals surface area contributed by atoms with Gasteiger partial charge in [-0.05, 0) is 63.4 Å². The molecule has 3 N–H and O–H groups in total. The highest BCUT2D eigenvalue weighted by Gasteiger charge is 2.34. The number of piperidine rings is 1. The van der Waals surface area contributed by atoms with E-state index in [1.807, 2.05) is 20.8 Å². The molecule has 1 aliphatic heterocycles. The highest BCUT2D eigenvalue weighted by atomic mass is 32.1. The normalized spacial score (nSPS) is 16.6. The molecule has 0 aromatic heterocycles. The van der Waals surface area contributed by atoms with Crippen molar-refractivity contribution in [3.63, 3.8) is 0 Å². The first-order chi connectivity index (χ1) is 13.9. The molecule has 0 bridgehead atoms. The largest absolute Gasteiger partial charge is 0.363 e. The van der Waals surface area contributed by atoms with Crippen molar-refractivity contribution in [1.29, 1.82) is 0 Å². The molecular formula is C21H31FN4O2S. The van der Waals surface area contributed by atoms with Crippen molar-refractivity contribution in [3.8, 4) is 0 Å². The van der Waals surface area contributed by atoms with Gasteiger partial charge in [0.1, 0.15) is 11.9 Å². The molecule has 2 atom stereocenters. The summed E-state index contributed by atoms with van der Waals surface area (Å²) in [6.45, 7) is 8.07. The van der Waals surface area contributed by atoms with Crippen LogP contribution in [0.2, 0.25) is 0 Å². The van der Waals surface area contributed by atoms with Crippen molar-refractivity contribution in [2.45, 2.75) is 52.1 Å². The fraction of sp³-hybridized carbons (Fsp3) is 0.571. The molecule has 0 aliphatic carbocycles. The van der Waals surface area contributed by atoms with E-state index in [9.17, 15) is 14.0 Å². The van der Waals surface area contributed by atoms with Crippen LogP contribution in [0.4, 0.5) is 4.39 Å². The molecule has 1 saturated heterocycles. The van der Waals surface area contributed by atoms with E-state index in [4.69, 9.17) is 12.2 Å². The quantitative estimate of drug-likeness (QED) is 0.589. The Hall–Kier alpha value is -2.22. The monoisotopic (exact) mass is 422 g/mol. The Labute approximate surface area is 177 Å². The van der Waals surface area contributed by atoms with Gasteiger partial charge < -0.3 is 20.9 Å². The van der Waals surface area contributed by atoms with Crippen LogP contribution in [0.15, 0.2) is 24.3 Å². The third-order valence-electron chi connectivity index (χ3n) is 5.31. The smallest absolute Gasteiger partial charge is 0.254 e. The van der Waals surface area contributed by atoms with E-state index in [1.165, 1.54) is 18.2 Å². The first-order valence-electron chi connectivity index (χ1n) is 10.3. The molecule has 6 nitrogen and oxygen atoms in total. The van der Waals surface area contributed by atoms with Crippen molar-refractivity contribution >= 4 is 29.1 Å². The zero-order valence-corrected chi connectivity index (χ0v) is 18.2. The topological polar surface area (TPSA) is 73.5 Å². The Morgan fingerprint density at radius 3 is 2.45 bits per heavy atom. The summed E-state index contributed by atoms with van der Waals surface area (Å²) in [6.07, 6.45) is 2.21. The molecule has 1 fully saturated rings. The molecule has 0 unspecified atom stereocenters. The summed E-state index contributed by atoms with van der Waals surface area (Å²) < 4.78 is 14.0. The van der Waals surface area contributed by atoms with Gasteiger partial charge in [-0.25, -0.2) is 4.39 Å². The van der Waals surface area contributed by atoms with E-state index >= 15 is 0 Å².